The van der Waals surface area contributed by atoms with Gasteiger partial charge in [0.25, 0.3) is 10.1 Å². The molecule has 2 aliphatic rings. The van der Waals surface area contributed by atoms with Crippen LogP contribution in [-0.4, -0.2) is 126 Å². The molecule has 10 atom stereocenters. The first-order valence-electron chi connectivity index (χ1n) is 24.5. The molecule has 0 aliphatic carbocycles. The van der Waals surface area contributed by atoms with Crippen molar-refractivity contribution < 1.29 is 58.7 Å². The fraction of sp³-hybridized carbons (Fsp3) is 0.784. The third-order valence-corrected chi connectivity index (χ3v) is 26.1. The average Bonchev–Trinajstić information content (AvgIpc) is 3.71. The second kappa shape index (κ2) is 24.3. The smallest absolute Gasteiger partial charge is 0.311 e. The fourth-order valence-electron chi connectivity index (χ4n) is 8.31. The predicted octanol–water partition coefficient (Wildman–Crippen LogP) is 10.2. The van der Waals surface area contributed by atoms with Gasteiger partial charge >= 0.3 is 5.97 Å². The van der Waals surface area contributed by atoms with Gasteiger partial charge in [0.1, 0.15) is 0 Å². The van der Waals surface area contributed by atoms with Crippen LogP contribution in [0, 0.1) is 17.3 Å². The van der Waals surface area contributed by atoms with Gasteiger partial charge in [0.2, 0.25) is 0 Å². The standard InChI is InChI=1S/C51H90O13S2Si2/c1-35(29-39(63-65(14,54)55)26-27-44-36(2)30-38(61-44)23-22-28-59-48(53)49(4,5)6)37(3)43(52)32-45-42(34-66(56,57)41-24-20-19-21-25-41)47(58-13)46(62-45)31-40(64-68(17,18)51(10,11)12)33-60-67(15,16)50(7,8)9/h19-21,24-25,35,38-40,42-47,52H,2-3,22-23,26-34H2,1,4-18H3/t35-,38?,39-,40-,42+,43?,44+,45?,46-,47-/m1/s1. The van der Waals surface area contributed by atoms with Crippen molar-refractivity contribution >= 4 is 42.6 Å². The highest BCUT2D eigenvalue weighted by atomic mass is 32.2. The van der Waals surface area contributed by atoms with E-state index in [1.165, 1.54) is 0 Å². The molecule has 2 fully saturated rings. The summed E-state index contributed by atoms with van der Waals surface area (Å²) in [5, 5.41) is 11.8. The Morgan fingerprint density at radius 3 is 2.03 bits per heavy atom. The van der Waals surface area contributed by atoms with Crippen LogP contribution < -0.4 is 0 Å². The average molecular weight is 1030 g/mol. The maximum atomic E-state index is 14.1. The summed E-state index contributed by atoms with van der Waals surface area (Å²) in [5.41, 5.74) is 0.802. The molecule has 68 heavy (non-hydrogen) atoms. The van der Waals surface area contributed by atoms with Crippen LogP contribution in [0.2, 0.25) is 36.3 Å². The van der Waals surface area contributed by atoms with Crippen molar-refractivity contribution in [2.75, 3.05) is 32.3 Å². The number of ether oxygens (including phenoxy) is 4. The van der Waals surface area contributed by atoms with Gasteiger partial charge in [-0.05, 0) is 125 Å². The number of rotatable bonds is 26. The van der Waals surface area contributed by atoms with Gasteiger partial charge in [-0.3, -0.25) is 8.98 Å². The van der Waals surface area contributed by atoms with E-state index in [4.69, 9.17) is 32.0 Å². The minimum atomic E-state index is -3.85. The molecule has 2 heterocycles. The minimum Gasteiger partial charge on any atom is -0.465 e. The number of carbonyl (C=O) groups excluding carboxylic acids is 1. The topological polar surface area (TPSA) is 170 Å². The Morgan fingerprint density at radius 2 is 1.49 bits per heavy atom. The van der Waals surface area contributed by atoms with E-state index in [0.717, 1.165) is 11.8 Å². The maximum absolute atomic E-state index is 14.1. The van der Waals surface area contributed by atoms with Crippen LogP contribution in [-0.2, 0) is 56.7 Å². The Hall–Kier alpha value is -1.78. The summed E-state index contributed by atoms with van der Waals surface area (Å²) >= 11 is 0. The molecule has 1 aromatic carbocycles. The fourth-order valence-corrected chi connectivity index (χ4v) is 13.0. The van der Waals surface area contributed by atoms with Gasteiger partial charge in [-0.1, -0.05) is 79.8 Å². The van der Waals surface area contributed by atoms with Gasteiger partial charge in [0.15, 0.2) is 26.5 Å². The number of aliphatic hydroxyl groups excluding tert-OH is 1. The largest absolute Gasteiger partial charge is 0.465 e. The van der Waals surface area contributed by atoms with Crippen molar-refractivity contribution in [1.82, 2.24) is 0 Å². The molecule has 1 N–H and O–H groups in total. The molecule has 0 bridgehead atoms. The van der Waals surface area contributed by atoms with E-state index in [-0.39, 0.29) is 57.8 Å². The number of methoxy groups -OCH3 is 1. The lowest BCUT2D eigenvalue weighted by molar-refractivity contribution is -0.153. The molecule has 3 unspecified atom stereocenters. The van der Waals surface area contributed by atoms with E-state index in [1.54, 1.807) is 37.4 Å². The van der Waals surface area contributed by atoms with Gasteiger partial charge < -0.3 is 32.9 Å². The normalized spacial score (nSPS) is 24.2. The SMILES string of the molecule is C=C(C(O)CC1O[C@H](C[C@H](CO[Si](C)(C)C(C)(C)C)O[Si](C)(C)C(C)(C)C)[C@H](OC)[C@H]1CS(=O)(=O)c1ccccc1)[C@H](C)C[C@@H](CC[C@@H]1OC(CCCOC(=O)C(C)(C)C)CC1=C)OS(C)(=O)=O. The van der Waals surface area contributed by atoms with E-state index in [2.05, 4.69) is 80.9 Å². The van der Waals surface area contributed by atoms with Crippen LogP contribution in [0.1, 0.15) is 121 Å². The molecule has 0 saturated carbocycles. The highest BCUT2D eigenvalue weighted by Gasteiger charge is 2.50. The number of hydrogen-bond donors (Lipinski definition) is 1. The summed E-state index contributed by atoms with van der Waals surface area (Å²) < 4.78 is 97.5. The number of aliphatic hydroxyl groups is 1. The molecule has 17 heteroatoms. The number of esters is 1. The summed E-state index contributed by atoms with van der Waals surface area (Å²) in [6.07, 6.45) is -0.0837. The third-order valence-electron chi connectivity index (χ3n) is 14.6. The zero-order valence-corrected chi connectivity index (χ0v) is 48.1. The van der Waals surface area contributed by atoms with Crippen LogP contribution in [0.4, 0.5) is 0 Å². The Morgan fingerprint density at radius 1 is 0.882 bits per heavy atom. The molecule has 392 valence electrons. The minimum absolute atomic E-state index is 0.0297. The van der Waals surface area contributed by atoms with Crippen molar-refractivity contribution in [1.29, 1.82) is 0 Å². The highest BCUT2D eigenvalue weighted by Crippen LogP contribution is 2.43. The van der Waals surface area contributed by atoms with Gasteiger partial charge in [0.05, 0.1) is 84.4 Å². The number of sulfone groups is 1. The summed E-state index contributed by atoms with van der Waals surface area (Å²) in [5.74, 6) is -1.58. The Kier molecular flexibility index (Phi) is 21.6. The molecule has 0 amide bonds. The summed E-state index contributed by atoms with van der Waals surface area (Å²) in [6.45, 7) is 38.5. The van der Waals surface area contributed by atoms with Crippen LogP contribution in [0.15, 0.2) is 59.5 Å². The van der Waals surface area contributed by atoms with E-state index in [0.29, 0.717) is 57.3 Å². The first-order valence-corrected chi connectivity index (χ1v) is 33.8. The van der Waals surface area contributed by atoms with Crippen molar-refractivity contribution in [3.8, 4) is 0 Å². The molecule has 3 rings (SSSR count). The predicted molar refractivity (Wildman–Crippen MR) is 276 cm³/mol. The van der Waals surface area contributed by atoms with E-state index >= 15 is 0 Å². The van der Waals surface area contributed by atoms with Crippen molar-refractivity contribution in [3.63, 3.8) is 0 Å². The lowest BCUT2D eigenvalue weighted by Gasteiger charge is -2.42. The van der Waals surface area contributed by atoms with Gasteiger partial charge in [0, 0.05) is 25.9 Å². The van der Waals surface area contributed by atoms with Crippen LogP contribution in [0.25, 0.3) is 0 Å². The second-order valence-corrected chi connectivity index (χ2v) is 36.8. The Balaban J connectivity index is 1.82. The molecule has 2 saturated heterocycles. The number of benzene rings is 1. The first kappa shape index (κ1) is 60.5. The molecule has 0 spiro atoms. The molecule has 1 aromatic rings. The highest BCUT2D eigenvalue weighted by molar-refractivity contribution is 7.91. The van der Waals surface area contributed by atoms with Gasteiger partial charge in [-0.15, -0.1) is 0 Å². The van der Waals surface area contributed by atoms with E-state index in [1.807, 2.05) is 27.7 Å². The number of carbonyl (C=O) groups is 1. The van der Waals surface area contributed by atoms with Crippen molar-refractivity contribution in [2.24, 2.45) is 17.3 Å². The zero-order valence-electron chi connectivity index (χ0n) is 44.5. The molecule has 13 nitrogen and oxygen atoms in total. The zero-order chi connectivity index (χ0) is 51.8. The van der Waals surface area contributed by atoms with Gasteiger partial charge in [-0.25, -0.2) is 8.42 Å². The van der Waals surface area contributed by atoms with Crippen LogP contribution >= 0.6 is 0 Å². The second-order valence-electron chi connectivity index (χ2n) is 23.6. The van der Waals surface area contributed by atoms with Gasteiger partial charge in [-0.2, -0.15) is 8.42 Å². The van der Waals surface area contributed by atoms with E-state index < -0.39 is 84.4 Å². The monoisotopic (exact) mass is 1030 g/mol. The van der Waals surface area contributed by atoms with Crippen LogP contribution in [0.5, 0.6) is 0 Å². The number of hydrogen-bond acceptors (Lipinski definition) is 13. The molecular formula is C51H90O13S2Si2. The molecule has 0 radical (unpaired) electrons. The van der Waals surface area contributed by atoms with E-state index in [9.17, 15) is 26.7 Å². The summed E-state index contributed by atoms with van der Waals surface area (Å²) in [4.78, 5) is 12.4. The summed E-state index contributed by atoms with van der Waals surface area (Å²) in [7, 11) is -10.6. The first-order chi connectivity index (χ1) is 31.0. The maximum Gasteiger partial charge on any atom is 0.311 e. The van der Waals surface area contributed by atoms with Crippen molar-refractivity contribution in [3.05, 3.63) is 54.6 Å². The van der Waals surface area contributed by atoms with Crippen molar-refractivity contribution in [2.45, 2.75) is 211 Å². The van der Waals surface area contributed by atoms with Crippen LogP contribution in [0.3, 0.4) is 0 Å². The summed E-state index contributed by atoms with van der Waals surface area (Å²) in [6, 6.07) is 8.32. The Bertz CT molecular complexity index is 2020. The molecular weight excluding hydrogens is 941 g/mol. The quantitative estimate of drug-likeness (QED) is 0.0306. The lowest BCUT2D eigenvalue weighted by atomic mass is 9.86. The third kappa shape index (κ3) is 18.1. The lowest BCUT2D eigenvalue weighted by Crippen LogP contribution is -2.49. The Labute approximate surface area is 414 Å². The molecule has 2 aliphatic heterocycles. The molecule has 0 aromatic heterocycles.